The number of rotatable bonds is 2. The highest BCUT2D eigenvalue weighted by Gasteiger charge is 2.10. The SMILES string of the molecule is CC(=O)c1ccc(F)c(-c2cc(F)cc(F)c2)c1. The van der Waals surface area contributed by atoms with Gasteiger partial charge in [-0.1, -0.05) is 0 Å². The molecule has 0 spiro atoms. The van der Waals surface area contributed by atoms with Crippen molar-refractivity contribution in [3.63, 3.8) is 0 Å². The Bertz CT molecular complexity index is 600. The lowest BCUT2D eigenvalue weighted by molar-refractivity contribution is 0.101. The van der Waals surface area contributed by atoms with Crippen LogP contribution in [0.2, 0.25) is 0 Å². The maximum atomic E-state index is 13.6. The number of hydrogen-bond donors (Lipinski definition) is 0. The summed E-state index contributed by atoms with van der Waals surface area (Å²) in [5.74, 6) is -2.46. The van der Waals surface area contributed by atoms with E-state index >= 15 is 0 Å². The number of halogens is 3. The summed E-state index contributed by atoms with van der Waals surface area (Å²) in [7, 11) is 0. The van der Waals surface area contributed by atoms with Gasteiger partial charge in [-0.3, -0.25) is 4.79 Å². The Morgan fingerprint density at radius 1 is 0.944 bits per heavy atom. The summed E-state index contributed by atoms with van der Waals surface area (Å²) in [6.45, 7) is 1.34. The molecular formula is C14H9F3O. The molecule has 4 heteroatoms. The van der Waals surface area contributed by atoms with Crippen LogP contribution in [0.4, 0.5) is 13.2 Å². The number of hydrogen-bond acceptors (Lipinski definition) is 1. The Labute approximate surface area is 102 Å². The van der Waals surface area contributed by atoms with Crippen molar-refractivity contribution in [2.75, 3.05) is 0 Å². The third kappa shape index (κ3) is 2.42. The number of Topliss-reactive ketones (excluding diaryl/α,β-unsaturated/α-hetero) is 1. The summed E-state index contributed by atoms with van der Waals surface area (Å²) in [4.78, 5) is 11.2. The normalized spacial score (nSPS) is 10.4. The molecule has 0 unspecified atom stereocenters. The van der Waals surface area contributed by atoms with Crippen molar-refractivity contribution >= 4 is 5.78 Å². The van der Waals surface area contributed by atoms with E-state index in [1.165, 1.54) is 19.1 Å². The lowest BCUT2D eigenvalue weighted by Crippen LogP contribution is -1.95. The fraction of sp³-hybridized carbons (Fsp3) is 0.0714. The van der Waals surface area contributed by atoms with Gasteiger partial charge in [-0.15, -0.1) is 0 Å². The van der Waals surface area contributed by atoms with Crippen molar-refractivity contribution in [2.45, 2.75) is 6.92 Å². The zero-order valence-electron chi connectivity index (χ0n) is 9.51. The van der Waals surface area contributed by atoms with Crippen LogP contribution in [0.3, 0.4) is 0 Å². The summed E-state index contributed by atoms with van der Waals surface area (Å²) in [6, 6.07) is 6.46. The van der Waals surface area contributed by atoms with E-state index in [1.807, 2.05) is 0 Å². The number of ketones is 1. The minimum atomic E-state index is -0.794. The van der Waals surface area contributed by atoms with Crippen LogP contribution in [-0.4, -0.2) is 5.78 Å². The molecule has 92 valence electrons. The quantitative estimate of drug-likeness (QED) is 0.737. The van der Waals surface area contributed by atoms with Gasteiger partial charge in [0.25, 0.3) is 0 Å². The van der Waals surface area contributed by atoms with Crippen molar-refractivity contribution in [3.05, 3.63) is 59.4 Å². The third-order valence-electron chi connectivity index (χ3n) is 2.55. The van der Waals surface area contributed by atoms with Gasteiger partial charge in [0, 0.05) is 17.2 Å². The van der Waals surface area contributed by atoms with Gasteiger partial charge >= 0.3 is 0 Å². The summed E-state index contributed by atoms with van der Waals surface area (Å²) < 4.78 is 39.8. The Balaban J connectivity index is 2.62. The van der Waals surface area contributed by atoms with Crippen LogP contribution >= 0.6 is 0 Å². The number of benzene rings is 2. The average molecular weight is 250 g/mol. The van der Waals surface area contributed by atoms with E-state index in [2.05, 4.69) is 0 Å². The third-order valence-corrected chi connectivity index (χ3v) is 2.55. The van der Waals surface area contributed by atoms with Crippen LogP contribution in [0.1, 0.15) is 17.3 Å². The second kappa shape index (κ2) is 4.64. The monoisotopic (exact) mass is 250 g/mol. The van der Waals surface area contributed by atoms with Gasteiger partial charge < -0.3 is 0 Å². The van der Waals surface area contributed by atoms with Crippen LogP contribution in [0, 0.1) is 17.5 Å². The zero-order chi connectivity index (χ0) is 13.3. The van der Waals surface area contributed by atoms with Crippen molar-refractivity contribution in [1.82, 2.24) is 0 Å². The average Bonchev–Trinajstić information content (AvgIpc) is 2.27. The molecule has 18 heavy (non-hydrogen) atoms. The van der Waals surface area contributed by atoms with Crippen LogP contribution in [0.25, 0.3) is 11.1 Å². The molecule has 2 aromatic carbocycles. The predicted molar refractivity (Wildman–Crippen MR) is 61.8 cm³/mol. The lowest BCUT2D eigenvalue weighted by atomic mass is 10.0. The Kier molecular flexibility index (Phi) is 3.19. The summed E-state index contributed by atoms with van der Waals surface area (Å²) >= 11 is 0. The van der Waals surface area contributed by atoms with E-state index in [-0.39, 0.29) is 22.5 Å². The van der Waals surface area contributed by atoms with Crippen LogP contribution < -0.4 is 0 Å². The largest absolute Gasteiger partial charge is 0.295 e. The molecule has 2 rings (SSSR count). The molecule has 0 aliphatic carbocycles. The molecule has 0 fully saturated rings. The first-order valence-corrected chi connectivity index (χ1v) is 5.24. The summed E-state index contributed by atoms with van der Waals surface area (Å²) in [5, 5.41) is 0. The topological polar surface area (TPSA) is 17.1 Å². The fourth-order valence-electron chi connectivity index (χ4n) is 1.67. The smallest absolute Gasteiger partial charge is 0.159 e. The van der Waals surface area contributed by atoms with E-state index in [0.717, 1.165) is 18.2 Å². The molecular weight excluding hydrogens is 241 g/mol. The number of carbonyl (C=O) groups excluding carboxylic acids is 1. The first-order chi connectivity index (χ1) is 8.47. The molecule has 1 nitrogen and oxygen atoms in total. The van der Waals surface area contributed by atoms with Gasteiger partial charge in [0.1, 0.15) is 17.5 Å². The van der Waals surface area contributed by atoms with Crippen molar-refractivity contribution in [1.29, 1.82) is 0 Å². The van der Waals surface area contributed by atoms with E-state index < -0.39 is 17.5 Å². The zero-order valence-corrected chi connectivity index (χ0v) is 9.51. The van der Waals surface area contributed by atoms with Gasteiger partial charge in [0.2, 0.25) is 0 Å². The minimum Gasteiger partial charge on any atom is -0.295 e. The van der Waals surface area contributed by atoms with Gasteiger partial charge in [0.15, 0.2) is 5.78 Å². The van der Waals surface area contributed by atoms with Crippen molar-refractivity contribution in [2.24, 2.45) is 0 Å². The highest BCUT2D eigenvalue weighted by atomic mass is 19.1. The lowest BCUT2D eigenvalue weighted by Gasteiger charge is -2.06. The predicted octanol–water partition coefficient (Wildman–Crippen LogP) is 3.97. The molecule has 0 aliphatic rings. The molecule has 0 amide bonds. The standard InChI is InChI=1S/C14H9F3O/c1-8(18)9-2-3-14(17)13(6-9)10-4-11(15)7-12(16)5-10/h2-7H,1H3. The minimum absolute atomic E-state index is 0.00102. The first-order valence-electron chi connectivity index (χ1n) is 5.24. The van der Waals surface area contributed by atoms with Crippen LogP contribution in [-0.2, 0) is 0 Å². The molecule has 0 N–H and O–H groups in total. The fourth-order valence-corrected chi connectivity index (χ4v) is 1.67. The molecule has 0 atom stereocenters. The molecule has 0 bridgehead atoms. The Hall–Kier alpha value is -2.10. The van der Waals surface area contributed by atoms with Crippen LogP contribution in [0.5, 0.6) is 0 Å². The molecule has 0 radical (unpaired) electrons. The van der Waals surface area contributed by atoms with Gasteiger partial charge in [-0.05, 0) is 42.8 Å². The Morgan fingerprint density at radius 3 is 2.11 bits per heavy atom. The van der Waals surface area contributed by atoms with Crippen molar-refractivity contribution in [3.8, 4) is 11.1 Å². The summed E-state index contributed by atoms with van der Waals surface area (Å²) in [5.41, 5.74) is 0.352. The van der Waals surface area contributed by atoms with E-state index in [4.69, 9.17) is 0 Å². The molecule has 2 aromatic rings. The number of carbonyl (C=O) groups is 1. The maximum Gasteiger partial charge on any atom is 0.159 e. The molecule has 0 heterocycles. The van der Waals surface area contributed by atoms with E-state index in [0.29, 0.717) is 6.07 Å². The molecule has 0 saturated carbocycles. The highest BCUT2D eigenvalue weighted by Crippen LogP contribution is 2.25. The highest BCUT2D eigenvalue weighted by molar-refractivity contribution is 5.95. The van der Waals surface area contributed by atoms with Crippen molar-refractivity contribution < 1.29 is 18.0 Å². The molecule has 0 saturated heterocycles. The van der Waals surface area contributed by atoms with Crippen LogP contribution in [0.15, 0.2) is 36.4 Å². The molecule has 0 aliphatic heterocycles. The van der Waals surface area contributed by atoms with Gasteiger partial charge in [0.05, 0.1) is 0 Å². The second-order valence-electron chi connectivity index (χ2n) is 3.91. The van der Waals surface area contributed by atoms with Gasteiger partial charge in [-0.25, -0.2) is 13.2 Å². The Morgan fingerprint density at radius 2 is 1.56 bits per heavy atom. The maximum absolute atomic E-state index is 13.6. The second-order valence-corrected chi connectivity index (χ2v) is 3.91. The molecule has 0 aromatic heterocycles. The van der Waals surface area contributed by atoms with E-state index in [9.17, 15) is 18.0 Å². The van der Waals surface area contributed by atoms with Gasteiger partial charge in [-0.2, -0.15) is 0 Å². The van der Waals surface area contributed by atoms with E-state index in [1.54, 1.807) is 0 Å². The first kappa shape index (κ1) is 12.4. The summed E-state index contributed by atoms with van der Waals surface area (Å²) in [6.07, 6.45) is 0.